The molecule has 0 aliphatic heterocycles. The van der Waals surface area contributed by atoms with E-state index < -0.39 is 11.4 Å². The number of carboxylic acids is 1. The quantitative estimate of drug-likeness (QED) is 0.724. The summed E-state index contributed by atoms with van der Waals surface area (Å²) in [6, 6.07) is 0. The van der Waals surface area contributed by atoms with Crippen LogP contribution in [0, 0.1) is 10.8 Å². The largest absolute Gasteiger partial charge is 0.481 e. The maximum Gasteiger partial charge on any atom is 0.312 e. The van der Waals surface area contributed by atoms with E-state index in [-0.39, 0.29) is 12.0 Å². The molecule has 0 saturated carbocycles. The molecule has 3 nitrogen and oxygen atoms in total. The van der Waals surface area contributed by atoms with Crippen molar-refractivity contribution >= 4 is 5.97 Å². The third-order valence-corrected chi connectivity index (χ3v) is 4.12. The molecule has 0 aromatic carbocycles. The molecular formula is C13H22O3. The lowest BCUT2D eigenvalue weighted by Crippen LogP contribution is -2.37. The summed E-state index contributed by atoms with van der Waals surface area (Å²) in [6.07, 6.45) is 4.87. The van der Waals surface area contributed by atoms with E-state index in [4.69, 9.17) is 5.11 Å². The van der Waals surface area contributed by atoms with Gasteiger partial charge in [0.15, 0.2) is 0 Å². The molecule has 0 heterocycles. The first-order chi connectivity index (χ1) is 7.38. The van der Waals surface area contributed by atoms with Crippen LogP contribution in [0.1, 0.15) is 46.5 Å². The van der Waals surface area contributed by atoms with Crippen molar-refractivity contribution < 1.29 is 15.0 Å². The average Bonchev–Trinajstić information content (AvgIpc) is 2.28. The Morgan fingerprint density at radius 2 is 2.19 bits per heavy atom. The third kappa shape index (κ3) is 2.29. The van der Waals surface area contributed by atoms with Crippen molar-refractivity contribution in [1.29, 1.82) is 0 Å². The maximum atomic E-state index is 11.1. The molecule has 1 unspecified atom stereocenters. The Hall–Kier alpha value is -0.830. The van der Waals surface area contributed by atoms with Crippen LogP contribution in [0.15, 0.2) is 11.6 Å². The second-order valence-corrected chi connectivity index (χ2v) is 5.41. The van der Waals surface area contributed by atoms with Crippen LogP contribution < -0.4 is 0 Å². The predicted octanol–water partition coefficient (Wildman–Crippen LogP) is 2.60. The molecular weight excluding hydrogens is 204 g/mol. The first-order valence-corrected chi connectivity index (χ1v) is 5.92. The summed E-state index contributed by atoms with van der Waals surface area (Å²) in [5.41, 5.74) is 0.549. The van der Waals surface area contributed by atoms with Gasteiger partial charge in [0.25, 0.3) is 0 Å². The highest BCUT2D eigenvalue weighted by Crippen LogP contribution is 2.42. The molecule has 1 aliphatic rings. The number of aliphatic carboxylic acids is 1. The van der Waals surface area contributed by atoms with Crippen molar-refractivity contribution in [2.24, 2.45) is 10.8 Å². The van der Waals surface area contributed by atoms with Crippen molar-refractivity contribution in [3.8, 4) is 0 Å². The van der Waals surface area contributed by atoms with Crippen molar-refractivity contribution in [1.82, 2.24) is 0 Å². The lowest BCUT2D eigenvalue weighted by molar-refractivity contribution is -0.152. The van der Waals surface area contributed by atoms with Crippen LogP contribution in [0.2, 0.25) is 0 Å². The molecule has 1 rings (SSSR count). The van der Waals surface area contributed by atoms with E-state index in [0.717, 1.165) is 12.8 Å². The van der Waals surface area contributed by atoms with E-state index in [9.17, 15) is 9.90 Å². The molecule has 16 heavy (non-hydrogen) atoms. The van der Waals surface area contributed by atoms with E-state index in [1.54, 1.807) is 0 Å². The zero-order chi connectivity index (χ0) is 12.4. The van der Waals surface area contributed by atoms with Gasteiger partial charge in [0, 0.05) is 0 Å². The summed E-state index contributed by atoms with van der Waals surface area (Å²) in [7, 11) is 0. The lowest BCUT2D eigenvalue weighted by atomic mass is 9.69. The van der Waals surface area contributed by atoms with Gasteiger partial charge < -0.3 is 10.2 Å². The number of hydrogen-bond acceptors (Lipinski definition) is 2. The molecule has 92 valence electrons. The number of hydrogen-bond donors (Lipinski definition) is 2. The Morgan fingerprint density at radius 1 is 1.56 bits per heavy atom. The monoisotopic (exact) mass is 226 g/mol. The van der Waals surface area contributed by atoms with Gasteiger partial charge in [-0.2, -0.15) is 0 Å². The Kier molecular flexibility index (Phi) is 3.79. The number of aliphatic hydroxyl groups is 1. The zero-order valence-corrected chi connectivity index (χ0v) is 10.4. The lowest BCUT2D eigenvalue weighted by Gasteiger charge is -2.36. The van der Waals surface area contributed by atoms with Gasteiger partial charge in [-0.1, -0.05) is 32.4 Å². The highest BCUT2D eigenvalue weighted by Gasteiger charge is 2.40. The minimum Gasteiger partial charge on any atom is -0.481 e. The molecule has 0 amide bonds. The van der Waals surface area contributed by atoms with Gasteiger partial charge in [-0.3, -0.25) is 4.79 Å². The molecule has 0 bridgehead atoms. The molecule has 1 aliphatic carbocycles. The maximum absolute atomic E-state index is 11.1. The van der Waals surface area contributed by atoms with Crippen LogP contribution >= 0.6 is 0 Å². The van der Waals surface area contributed by atoms with E-state index >= 15 is 0 Å². The van der Waals surface area contributed by atoms with Crippen molar-refractivity contribution in [2.75, 3.05) is 6.61 Å². The van der Waals surface area contributed by atoms with Gasteiger partial charge >= 0.3 is 5.97 Å². The van der Waals surface area contributed by atoms with Gasteiger partial charge in [-0.25, -0.2) is 0 Å². The van der Waals surface area contributed by atoms with Gasteiger partial charge in [0.2, 0.25) is 0 Å². The number of rotatable bonds is 4. The molecule has 1 atom stereocenters. The summed E-state index contributed by atoms with van der Waals surface area (Å²) >= 11 is 0. The predicted molar refractivity (Wildman–Crippen MR) is 63.2 cm³/mol. The first-order valence-electron chi connectivity index (χ1n) is 5.92. The van der Waals surface area contributed by atoms with Crippen LogP contribution in [0.4, 0.5) is 0 Å². The molecule has 0 aromatic heterocycles. The van der Waals surface area contributed by atoms with Gasteiger partial charge in [0.05, 0.1) is 12.0 Å². The van der Waals surface area contributed by atoms with Crippen LogP contribution in [-0.2, 0) is 4.79 Å². The number of aliphatic hydroxyl groups excluding tert-OH is 1. The fourth-order valence-corrected chi connectivity index (χ4v) is 2.14. The number of allylic oxidation sites excluding steroid dienone is 2. The zero-order valence-electron chi connectivity index (χ0n) is 10.4. The van der Waals surface area contributed by atoms with Crippen molar-refractivity contribution in [3.63, 3.8) is 0 Å². The molecule has 0 spiro atoms. The average molecular weight is 226 g/mol. The molecule has 0 aromatic rings. The smallest absolute Gasteiger partial charge is 0.312 e. The molecule has 0 radical (unpaired) electrons. The highest BCUT2D eigenvalue weighted by molar-refractivity contribution is 5.75. The van der Waals surface area contributed by atoms with Gasteiger partial charge in [-0.15, -0.1) is 0 Å². The normalized spacial score (nSPS) is 26.4. The van der Waals surface area contributed by atoms with E-state index in [1.807, 2.05) is 6.08 Å². The van der Waals surface area contributed by atoms with Crippen LogP contribution in [-0.4, -0.2) is 22.8 Å². The standard InChI is InChI=1S/C13H22O3/c1-4-12(2,3)10-5-7-13(9-14,8-6-10)11(15)16/h5,14H,4,6-9H2,1-3H3,(H,15,16). The van der Waals surface area contributed by atoms with Crippen molar-refractivity contribution in [2.45, 2.75) is 46.5 Å². The summed E-state index contributed by atoms with van der Waals surface area (Å²) in [4.78, 5) is 11.1. The Labute approximate surface area is 97.2 Å². The summed E-state index contributed by atoms with van der Waals surface area (Å²) in [6.45, 7) is 6.25. The van der Waals surface area contributed by atoms with E-state index in [0.29, 0.717) is 12.8 Å². The first kappa shape index (κ1) is 13.2. The fourth-order valence-electron chi connectivity index (χ4n) is 2.14. The van der Waals surface area contributed by atoms with Crippen LogP contribution in [0.5, 0.6) is 0 Å². The van der Waals surface area contributed by atoms with E-state index in [1.165, 1.54) is 5.57 Å². The highest BCUT2D eigenvalue weighted by atomic mass is 16.4. The van der Waals surface area contributed by atoms with Crippen LogP contribution in [0.3, 0.4) is 0 Å². The Bertz CT molecular complexity index is 304. The topological polar surface area (TPSA) is 57.5 Å². The summed E-state index contributed by atoms with van der Waals surface area (Å²) < 4.78 is 0. The Morgan fingerprint density at radius 3 is 2.50 bits per heavy atom. The molecule has 2 N–H and O–H groups in total. The SMILES string of the molecule is CCC(C)(C)C1=CCC(CO)(C(=O)O)CC1. The second kappa shape index (κ2) is 4.58. The number of carbonyl (C=O) groups is 1. The number of carboxylic acid groups (broad SMARTS) is 1. The van der Waals surface area contributed by atoms with Crippen molar-refractivity contribution in [3.05, 3.63) is 11.6 Å². The summed E-state index contributed by atoms with van der Waals surface area (Å²) in [5.74, 6) is -0.875. The molecule has 3 heteroatoms. The molecule has 0 saturated heterocycles. The summed E-state index contributed by atoms with van der Waals surface area (Å²) in [5, 5.41) is 18.4. The van der Waals surface area contributed by atoms with Crippen LogP contribution in [0.25, 0.3) is 0 Å². The van der Waals surface area contributed by atoms with E-state index in [2.05, 4.69) is 20.8 Å². The minimum absolute atomic E-state index is 0.153. The molecule has 0 fully saturated rings. The third-order valence-electron chi connectivity index (χ3n) is 4.12. The van der Waals surface area contributed by atoms with Gasteiger partial charge in [0.1, 0.15) is 0 Å². The minimum atomic E-state index is -0.937. The second-order valence-electron chi connectivity index (χ2n) is 5.41. The van der Waals surface area contributed by atoms with Gasteiger partial charge in [-0.05, 0) is 31.1 Å². The Balaban J connectivity index is 2.85. The fraction of sp³-hybridized carbons (Fsp3) is 0.769.